The molecule has 6 N–H and O–H groups in total. The fourth-order valence-corrected chi connectivity index (χ4v) is 4.64. The van der Waals surface area contributed by atoms with E-state index >= 15 is 0 Å². The van der Waals surface area contributed by atoms with E-state index in [2.05, 4.69) is 10.3 Å². The number of hydrogen-bond donors (Lipinski definition) is 5. The number of para-hydroxylation sites is 2. The van der Waals surface area contributed by atoms with E-state index in [1.54, 1.807) is 24.3 Å². The van der Waals surface area contributed by atoms with Crippen molar-refractivity contribution in [3.63, 3.8) is 0 Å². The van der Waals surface area contributed by atoms with Gasteiger partial charge < -0.3 is 20.5 Å². The summed E-state index contributed by atoms with van der Waals surface area (Å²) < 4.78 is 10.5. The zero-order valence-corrected chi connectivity index (χ0v) is 23.0. The van der Waals surface area contributed by atoms with Gasteiger partial charge in [0.25, 0.3) is 5.91 Å². The maximum absolute atomic E-state index is 12.2. The number of methoxy groups -OCH3 is 2. The molecule has 0 atom stereocenters. The molecular formula is C26H32N6O4S2. The number of benzene rings is 2. The molecule has 2 amide bonds. The van der Waals surface area contributed by atoms with Crippen LogP contribution in [0.15, 0.2) is 53.5 Å². The number of aliphatic imine (C=N–C) groups is 1. The minimum Gasteiger partial charge on any atom is -0.496 e. The quantitative estimate of drug-likeness (QED) is 0.155. The lowest BCUT2D eigenvalue weighted by Gasteiger charge is -2.10. The Kier molecular flexibility index (Phi) is 13.1. The third-order valence-electron chi connectivity index (χ3n) is 5.08. The highest BCUT2D eigenvalue weighted by Crippen LogP contribution is 2.20. The molecule has 0 heterocycles. The van der Waals surface area contributed by atoms with E-state index in [9.17, 15) is 9.59 Å². The summed E-state index contributed by atoms with van der Waals surface area (Å²) in [5.74, 6) is 0.427. The number of nitrogens with zero attached hydrogens (tertiary/aromatic N) is 1. The summed E-state index contributed by atoms with van der Waals surface area (Å²) in [7, 11) is 3.07. The predicted molar refractivity (Wildman–Crippen MR) is 155 cm³/mol. The number of hydrogen-bond acceptors (Lipinski definition) is 9. The summed E-state index contributed by atoms with van der Waals surface area (Å²) in [5, 5.41) is 27.0. The third kappa shape index (κ3) is 11.2. The largest absolute Gasteiger partial charge is 0.496 e. The molecule has 2 aromatic carbocycles. The summed E-state index contributed by atoms with van der Waals surface area (Å²) in [4.78, 5) is 28.3. The molecule has 0 radical (unpaired) electrons. The van der Waals surface area contributed by atoms with Crippen LogP contribution in [0, 0.1) is 16.2 Å². The molecule has 2 aromatic rings. The van der Waals surface area contributed by atoms with Crippen molar-refractivity contribution in [1.29, 1.82) is 16.2 Å². The van der Waals surface area contributed by atoms with Gasteiger partial charge in [-0.05, 0) is 61.3 Å². The SMILES string of the molecule is COc1ccccc1CC(=O)N=C(N)SC(=N)CCCCC(=N)SC(=N)NC(=O)Cc1ccccc1OC. The average Bonchev–Trinajstić information content (AvgIpc) is 2.86. The lowest BCUT2D eigenvalue weighted by molar-refractivity contribution is -0.119. The van der Waals surface area contributed by atoms with Crippen LogP contribution in [-0.4, -0.2) is 46.5 Å². The first kappa shape index (κ1) is 30.6. The highest BCUT2D eigenvalue weighted by molar-refractivity contribution is 8.26. The van der Waals surface area contributed by atoms with E-state index in [1.165, 1.54) is 14.2 Å². The second-order valence-electron chi connectivity index (χ2n) is 7.96. The van der Waals surface area contributed by atoms with Crippen molar-refractivity contribution >= 4 is 55.8 Å². The highest BCUT2D eigenvalue weighted by atomic mass is 32.2. The van der Waals surface area contributed by atoms with Crippen LogP contribution >= 0.6 is 23.5 Å². The Hall–Kier alpha value is -3.64. The van der Waals surface area contributed by atoms with Crippen LogP contribution in [-0.2, 0) is 22.4 Å². The molecule has 0 saturated heterocycles. The number of thioether (sulfide) groups is 2. The summed E-state index contributed by atoms with van der Waals surface area (Å²) in [6.07, 6.45) is 2.21. The smallest absolute Gasteiger partial charge is 0.252 e. The van der Waals surface area contributed by atoms with Crippen molar-refractivity contribution in [1.82, 2.24) is 5.32 Å². The van der Waals surface area contributed by atoms with Gasteiger partial charge in [-0.1, -0.05) is 36.4 Å². The Morgan fingerprint density at radius 1 is 0.842 bits per heavy atom. The summed E-state index contributed by atoms with van der Waals surface area (Å²) in [6.45, 7) is 0. The van der Waals surface area contributed by atoms with Crippen LogP contribution in [0.1, 0.15) is 36.8 Å². The van der Waals surface area contributed by atoms with E-state index in [0.717, 1.165) is 23.5 Å². The van der Waals surface area contributed by atoms with Crippen LogP contribution in [0.2, 0.25) is 0 Å². The van der Waals surface area contributed by atoms with Crippen molar-refractivity contribution in [3.05, 3.63) is 59.7 Å². The number of nitrogens with one attached hydrogen (secondary N) is 4. The number of rotatable bonds is 11. The molecule has 0 spiro atoms. The average molecular weight is 557 g/mol. The number of ether oxygens (including phenoxy) is 2. The van der Waals surface area contributed by atoms with Gasteiger partial charge in [0.1, 0.15) is 11.5 Å². The first-order valence-corrected chi connectivity index (χ1v) is 13.3. The minimum atomic E-state index is -0.421. The van der Waals surface area contributed by atoms with Gasteiger partial charge in [-0.15, -0.1) is 0 Å². The second-order valence-corrected chi connectivity index (χ2v) is 10.2. The summed E-state index contributed by atoms with van der Waals surface area (Å²) >= 11 is 1.82. The number of unbranched alkanes of at least 4 members (excludes halogenated alkanes) is 1. The predicted octanol–water partition coefficient (Wildman–Crippen LogP) is 4.36. The van der Waals surface area contributed by atoms with Crippen molar-refractivity contribution in [2.45, 2.75) is 38.5 Å². The van der Waals surface area contributed by atoms with Crippen LogP contribution in [0.4, 0.5) is 0 Å². The zero-order chi connectivity index (χ0) is 27.9. The monoisotopic (exact) mass is 556 g/mol. The number of carbonyl (C=O) groups is 2. The maximum Gasteiger partial charge on any atom is 0.252 e. The molecule has 0 fully saturated rings. The van der Waals surface area contributed by atoms with Crippen LogP contribution < -0.4 is 20.5 Å². The van der Waals surface area contributed by atoms with E-state index in [-0.39, 0.29) is 39.2 Å². The minimum absolute atomic E-state index is 0.00973. The second kappa shape index (κ2) is 16.3. The Morgan fingerprint density at radius 2 is 1.34 bits per heavy atom. The first-order valence-electron chi connectivity index (χ1n) is 11.7. The van der Waals surface area contributed by atoms with Crippen molar-refractivity contribution in [3.8, 4) is 11.5 Å². The Balaban J connectivity index is 1.65. The molecule has 10 nitrogen and oxygen atoms in total. The molecule has 0 aliphatic carbocycles. The molecule has 0 aliphatic heterocycles. The van der Waals surface area contributed by atoms with Gasteiger partial charge in [0.15, 0.2) is 10.3 Å². The normalized spacial score (nSPS) is 10.9. The van der Waals surface area contributed by atoms with Gasteiger partial charge in [-0.2, -0.15) is 4.99 Å². The fraction of sp³-hybridized carbons (Fsp3) is 0.308. The van der Waals surface area contributed by atoms with Gasteiger partial charge >= 0.3 is 0 Å². The van der Waals surface area contributed by atoms with Gasteiger partial charge in [0, 0.05) is 11.1 Å². The topological polar surface area (TPSA) is 175 Å². The van der Waals surface area contributed by atoms with Gasteiger partial charge in [-0.25, -0.2) is 0 Å². The molecule has 0 bridgehead atoms. The standard InChI is InChI=1S/C26H32N6O4S2/c1-35-19-11-5-3-9-17(19)15-23(33)31-25(29)37-21(27)13-7-8-14-22(28)38-26(30)32-24(34)16-18-10-4-6-12-20(18)36-2/h3-6,9-12,27-28H,7-8,13-16H2,1-2H3,(H2,29,31,33)(H2,30,32,34). The van der Waals surface area contributed by atoms with Gasteiger partial charge in [0.2, 0.25) is 5.91 Å². The van der Waals surface area contributed by atoms with Crippen LogP contribution in [0.5, 0.6) is 11.5 Å². The molecule has 0 unspecified atom stereocenters. The number of carbonyl (C=O) groups excluding carboxylic acids is 2. The van der Waals surface area contributed by atoms with Crippen molar-refractivity contribution in [2.75, 3.05) is 14.2 Å². The summed E-state index contributed by atoms with van der Waals surface area (Å²) in [5.41, 5.74) is 7.25. The van der Waals surface area contributed by atoms with Crippen LogP contribution in [0.25, 0.3) is 0 Å². The molecule has 0 saturated carbocycles. The highest BCUT2D eigenvalue weighted by Gasteiger charge is 2.13. The Bertz CT molecular complexity index is 1200. The molecule has 12 heteroatoms. The maximum atomic E-state index is 12.2. The number of nitrogens with two attached hydrogens (primary N) is 1. The lowest BCUT2D eigenvalue weighted by atomic mass is 10.1. The fourth-order valence-electron chi connectivity index (χ4n) is 3.34. The van der Waals surface area contributed by atoms with E-state index in [1.807, 2.05) is 24.3 Å². The third-order valence-corrected chi connectivity index (χ3v) is 6.58. The Labute approximate surface area is 230 Å². The van der Waals surface area contributed by atoms with Crippen molar-refractivity contribution in [2.24, 2.45) is 10.7 Å². The molecule has 202 valence electrons. The van der Waals surface area contributed by atoms with E-state index in [4.69, 9.17) is 31.4 Å². The van der Waals surface area contributed by atoms with E-state index in [0.29, 0.717) is 48.3 Å². The molecule has 0 aromatic heterocycles. The molecule has 2 rings (SSSR count). The summed E-state index contributed by atoms with van der Waals surface area (Å²) in [6, 6.07) is 14.3. The number of amides is 2. The lowest BCUT2D eigenvalue weighted by Crippen LogP contribution is -2.29. The number of amidine groups is 2. The Morgan fingerprint density at radius 3 is 1.89 bits per heavy atom. The van der Waals surface area contributed by atoms with Gasteiger partial charge in [-0.3, -0.25) is 25.8 Å². The molecule has 0 aliphatic rings. The first-order chi connectivity index (χ1) is 18.2. The van der Waals surface area contributed by atoms with Crippen molar-refractivity contribution < 1.29 is 19.1 Å². The molecular weight excluding hydrogens is 524 g/mol. The van der Waals surface area contributed by atoms with Gasteiger partial charge in [0.05, 0.1) is 37.1 Å². The molecule has 38 heavy (non-hydrogen) atoms. The van der Waals surface area contributed by atoms with E-state index < -0.39 is 5.91 Å². The van der Waals surface area contributed by atoms with Crippen LogP contribution in [0.3, 0.4) is 0 Å². The zero-order valence-electron chi connectivity index (χ0n) is 21.3.